The van der Waals surface area contributed by atoms with Crippen LogP contribution >= 0.6 is 0 Å². The second kappa shape index (κ2) is 7.46. The number of hydrogen-bond acceptors (Lipinski definition) is 4. The molecule has 6 heteroatoms. The Labute approximate surface area is 137 Å². The van der Waals surface area contributed by atoms with Crippen molar-refractivity contribution >= 4 is 11.8 Å². The van der Waals surface area contributed by atoms with Gasteiger partial charge in [-0.2, -0.15) is 0 Å². The minimum atomic E-state index is -0.210. The summed E-state index contributed by atoms with van der Waals surface area (Å²) in [5.41, 5.74) is 1.30. The van der Waals surface area contributed by atoms with Crippen molar-refractivity contribution in [3.05, 3.63) is 35.3 Å². The van der Waals surface area contributed by atoms with E-state index in [0.717, 1.165) is 25.3 Å². The maximum atomic E-state index is 11.5. The molecule has 0 radical (unpaired) electrons. The number of likely N-dealkylation sites (N-methyl/N-ethyl adjacent to an activating group) is 1. The average Bonchev–Trinajstić information content (AvgIpc) is 3.01. The number of nitrogens with one attached hydrogen (secondary N) is 1. The molecule has 0 saturated carbocycles. The first-order valence-corrected chi connectivity index (χ1v) is 7.87. The van der Waals surface area contributed by atoms with Gasteiger partial charge in [-0.25, -0.2) is 0 Å². The van der Waals surface area contributed by atoms with E-state index in [0.29, 0.717) is 12.3 Å². The zero-order chi connectivity index (χ0) is 17.0. The molecule has 0 bridgehead atoms. The number of rotatable bonds is 5. The molecule has 126 valence electrons. The van der Waals surface area contributed by atoms with Crippen molar-refractivity contribution in [2.45, 2.75) is 32.9 Å². The molecule has 0 spiro atoms. The van der Waals surface area contributed by atoms with Crippen molar-refractivity contribution in [1.82, 2.24) is 15.1 Å². The third kappa shape index (κ3) is 4.22. The lowest BCUT2D eigenvalue weighted by Crippen LogP contribution is -2.38. The van der Waals surface area contributed by atoms with E-state index in [4.69, 9.17) is 4.42 Å². The molecule has 2 rings (SSSR count). The van der Waals surface area contributed by atoms with Crippen LogP contribution in [0.3, 0.4) is 0 Å². The number of hydrogen-bond donors (Lipinski definition) is 1. The van der Waals surface area contributed by atoms with Crippen LogP contribution < -0.4 is 5.32 Å². The summed E-state index contributed by atoms with van der Waals surface area (Å²) >= 11 is 0. The number of carbonyl (C=O) groups excluding carboxylic acids is 2. The van der Waals surface area contributed by atoms with E-state index >= 15 is 0 Å². The Hall–Kier alpha value is -2.08. The Kier molecular flexibility index (Phi) is 5.60. The Morgan fingerprint density at radius 3 is 2.74 bits per heavy atom. The third-order valence-electron chi connectivity index (χ3n) is 4.43. The molecule has 23 heavy (non-hydrogen) atoms. The van der Waals surface area contributed by atoms with Crippen LogP contribution in [0.5, 0.6) is 0 Å². The highest BCUT2D eigenvalue weighted by Gasteiger charge is 2.21. The van der Waals surface area contributed by atoms with Crippen molar-refractivity contribution < 1.29 is 14.0 Å². The van der Waals surface area contributed by atoms with Gasteiger partial charge in [-0.1, -0.05) is 6.08 Å². The zero-order valence-electron chi connectivity index (χ0n) is 14.3. The molecule has 1 aliphatic rings. The van der Waals surface area contributed by atoms with Crippen molar-refractivity contribution in [3.8, 4) is 0 Å². The summed E-state index contributed by atoms with van der Waals surface area (Å²) in [6.45, 7) is 6.06. The Bertz CT molecular complexity index is 606. The molecule has 0 saturated heterocycles. The van der Waals surface area contributed by atoms with Gasteiger partial charge in [0.2, 0.25) is 5.91 Å². The standard InChI is InChI=1S/C17H25N3O3/c1-12(19(4)13(2)21)14-7-9-20(10-8-14)11-15-5-6-16(23-15)17(22)18-3/h5-7,12H,8-11H2,1-4H3,(H,18,22)/t12-/m1/s1. The van der Waals surface area contributed by atoms with Crippen LogP contribution in [0.25, 0.3) is 0 Å². The van der Waals surface area contributed by atoms with Crippen LogP contribution in [-0.2, 0) is 11.3 Å². The molecule has 0 unspecified atom stereocenters. The summed E-state index contributed by atoms with van der Waals surface area (Å²) in [5, 5.41) is 2.55. The highest BCUT2D eigenvalue weighted by atomic mass is 16.4. The predicted octanol–water partition coefficient (Wildman–Crippen LogP) is 1.64. The summed E-state index contributed by atoms with van der Waals surface area (Å²) < 4.78 is 5.56. The topological polar surface area (TPSA) is 65.8 Å². The van der Waals surface area contributed by atoms with Crippen LogP contribution in [-0.4, -0.2) is 54.8 Å². The van der Waals surface area contributed by atoms with Gasteiger partial charge in [-0.15, -0.1) is 0 Å². The largest absolute Gasteiger partial charge is 0.455 e. The fraction of sp³-hybridized carbons (Fsp3) is 0.529. The lowest BCUT2D eigenvalue weighted by atomic mass is 10.00. The third-order valence-corrected chi connectivity index (χ3v) is 4.43. The first kappa shape index (κ1) is 17.3. The first-order valence-electron chi connectivity index (χ1n) is 7.87. The van der Waals surface area contributed by atoms with Crippen LogP contribution in [0.4, 0.5) is 0 Å². The molecular weight excluding hydrogens is 294 g/mol. The average molecular weight is 319 g/mol. The fourth-order valence-corrected chi connectivity index (χ4v) is 2.70. The first-order chi connectivity index (χ1) is 10.9. The molecule has 1 aromatic heterocycles. The van der Waals surface area contributed by atoms with E-state index in [1.54, 1.807) is 24.9 Å². The van der Waals surface area contributed by atoms with E-state index in [9.17, 15) is 9.59 Å². The van der Waals surface area contributed by atoms with Crippen LogP contribution in [0, 0.1) is 0 Å². The molecule has 1 aliphatic heterocycles. The molecule has 0 fully saturated rings. The van der Waals surface area contributed by atoms with Gasteiger partial charge in [-0.05, 0) is 31.1 Å². The van der Waals surface area contributed by atoms with E-state index in [1.807, 2.05) is 13.1 Å². The van der Waals surface area contributed by atoms with Crippen molar-refractivity contribution in [3.63, 3.8) is 0 Å². The molecule has 2 amide bonds. The molecule has 0 aliphatic carbocycles. The van der Waals surface area contributed by atoms with Gasteiger partial charge >= 0.3 is 0 Å². The maximum absolute atomic E-state index is 11.5. The Balaban J connectivity index is 1.92. The number of carbonyl (C=O) groups is 2. The monoisotopic (exact) mass is 319 g/mol. The minimum Gasteiger partial charge on any atom is -0.455 e. The molecule has 1 aromatic rings. The fourth-order valence-electron chi connectivity index (χ4n) is 2.70. The van der Waals surface area contributed by atoms with Gasteiger partial charge in [0, 0.05) is 40.2 Å². The van der Waals surface area contributed by atoms with Gasteiger partial charge in [-0.3, -0.25) is 14.5 Å². The van der Waals surface area contributed by atoms with Gasteiger partial charge in [0.25, 0.3) is 5.91 Å². The SMILES string of the molecule is CNC(=O)c1ccc(CN2CC=C([C@@H](C)N(C)C(C)=O)CC2)o1. The van der Waals surface area contributed by atoms with Gasteiger partial charge < -0.3 is 14.6 Å². The van der Waals surface area contributed by atoms with Crippen LogP contribution in [0.15, 0.2) is 28.2 Å². The summed E-state index contributed by atoms with van der Waals surface area (Å²) in [6, 6.07) is 3.68. The maximum Gasteiger partial charge on any atom is 0.286 e. The predicted molar refractivity (Wildman–Crippen MR) is 88.0 cm³/mol. The smallest absolute Gasteiger partial charge is 0.286 e. The van der Waals surface area contributed by atoms with Crippen molar-refractivity contribution in [2.24, 2.45) is 0 Å². The van der Waals surface area contributed by atoms with E-state index in [-0.39, 0.29) is 17.9 Å². The van der Waals surface area contributed by atoms with E-state index < -0.39 is 0 Å². The van der Waals surface area contributed by atoms with E-state index in [2.05, 4.69) is 23.2 Å². The Morgan fingerprint density at radius 2 is 2.17 bits per heavy atom. The van der Waals surface area contributed by atoms with Crippen molar-refractivity contribution in [2.75, 3.05) is 27.2 Å². The summed E-state index contributed by atoms with van der Waals surface area (Å²) in [5.74, 6) is 0.998. The number of furan rings is 1. The van der Waals surface area contributed by atoms with Gasteiger partial charge in [0.15, 0.2) is 5.76 Å². The molecule has 2 heterocycles. The second-order valence-electron chi connectivity index (χ2n) is 5.92. The molecular formula is C17H25N3O3. The Morgan fingerprint density at radius 1 is 1.43 bits per heavy atom. The highest BCUT2D eigenvalue weighted by Crippen LogP contribution is 2.20. The quantitative estimate of drug-likeness (QED) is 0.838. The molecule has 1 atom stereocenters. The highest BCUT2D eigenvalue weighted by molar-refractivity contribution is 5.91. The molecule has 1 N–H and O–H groups in total. The lowest BCUT2D eigenvalue weighted by molar-refractivity contribution is -0.128. The molecule has 6 nitrogen and oxygen atoms in total. The van der Waals surface area contributed by atoms with Gasteiger partial charge in [0.1, 0.15) is 5.76 Å². The lowest BCUT2D eigenvalue weighted by Gasteiger charge is -2.32. The zero-order valence-corrected chi connectivity index (χ0v) is 14.3. The minimum absolute atomic E-state index is 0.0816. The summed E-state index contributed by atoms with van der Waals surface area (Å²) in [7, 11) is 3.42. The van der Waals surface area contributed by atoms with Crippen LogP contribution in [0.1, 0.15) is 36.6 Å². The summed E-state index contributed by atoms with van der Waals surface area (Å²) in [4.78, 5) is 27.0. The van der Waals surface area contributed by atoms with E-state index in [1.165, 1.54) is 5.57 Å². The number of nitrogens with zero attached hydrogens (tertiary/aromatic N) is 2. The second-order valence-corrected chi connectivity index (χ2v) is 5.92. The molecule has 0 aromatic carbocycles. The van der Waals surface area contributed by atoms with Crippen LogP contribution in [0.2, 0.25) is 0 Å². The normalized spacial score (nSPS) is 16.6. The summed E-state index contributed by atoms with van der Waals surface area (Å²) in [6.07, 6.45) is 3.12. The number of amides is 2. The van der Waals surface area contributed by atoms with Gasteiger partial charge in [0.05, 0.1) is 6.54 Å². The van der Waals surface area contributed by atoms with Crippen molar-refractivity contribution in [1.29, 1.82) is 0 Å².